The molecule has 0 spiro atoms. The van der Waals surface area contributed by atoms with Gasteiger partial charge in [-0.25, -0.2) is 9.97 Å². The molecule has 0 atom stereocenters. The van der Waals surface area contributed by atoms with Gasteiger partial charge in [-0.3, -0.25) is 4.79 Å². The Bertz CT molecular complexity index is 946. The second-order valence-electron chi connectivity index (χ2n) is 5.74. The minimum atomic E-state index is -0.303. The van der Waals surface area contributed by atoms with Crippen molar-refractivity contribution in [3.63, 3.8) is 0 Å². The highest BCUT2D eigenvalue weighted by atomic mass is 35.5. The van der Waals surface area contributed by atoms with Crippen molar-refractivity contribution in [1.29, 1.82) is 0 Å². The predicted molar refractivity (Wildman–Crippen MR) is 104 cm³/mol. The number of rotatable bonds is 5. The molecule has 0 unspecified atom stereocenters. The number of anilines is 2. The van der Waals surface area contributed by atoms with Gasteiger partial charge in [0.2, 0.25) is 5.88 Å². The third-order valence-electron chi connectivity index (χ3n) is 3.63. The first-order valence-corrected chi connectivity index (χ1v) is 8.49. The number of amides is 1. The average molecular weight is 391 g/mol. The summed E-state index contributed by atoms with van der Waals surface area (Å²) < 4.78 is 5.54. The van der Waals surface area contributed by atoms with Crippen molar-refractivity contribution in [3.8, 4) is 5.88 Å². The monoisotopic (exact) mass is 390 g/mol. The SMILES string of the molecule is CN(C)c1ccc(NC(=O)COc2ncnc3c(Cl)cc(Cl)cc23)cc1. The number of fused-ring (bicyclic) bond motifs is 1. The lowest BCUT2D eigenvalue weighted by molar-refractivity contribution is -0.118. The van der Waals surface area contributed by atoms with Crippen LogP contribution in [0.3, 0.4) is 0 Å². The zero-order chi connectivity index (χ0) is 18.7. The highest BCUT2D eigenvalue weighted by Gasteiger charge is 2.11. The van der Waals surface area contributed by atoms with E-state index in [0.717, 1.165) is 5.69 Å². The van der Waals surface area contributed by atoms with Crippen LogP contribution < -0.4 is 15.0 Å². The molecule has 1 amide bonds. The number of halogens is 2. The molecule has 6 nitrogen and oxygen atoms in total. The Morgan fingerprint density at radius 3 is 2.58 bits per heavy atom. The van der Waals surface area contributed by atoms with Crippen LogP contribution in [0, 0.1) is 0 Å². The number of ether oxygens (including phenoxy) is 1. The summed E-state index contributed by atoms with van der Waals surface area (Å²) in [6, 6.07) is 10.7. The van der Waals surface area contributed by atoms with E-state index in [2.05, 4.69) is 15.3 Å². The summed E-state index contributed by atoms with van der Waals surface area (Å²) >= 11 is 12.1. The average Bonchev–Trinajstić information content (AvgIpc) is 2.60. The lowest BCUT2D eigenvalue weighted by atomic mass is 10.2. The van der Waals surface area contributed by atoms with Crippen molar-refractivity contribution in [2.24, 2.45) is 0 Å². The second kappa shape index (κ2) is 7.76. The lowest BCUT2D eigenvalue weighted by Gasteiger charge is -2.13. The lowest BCUT2D eigenvalue weighted by Crippen LogP contribution is -2.20. The number of carbonyl (C=O) groups excluding carboxylic acids is 1. The van der Waals surface area contributed by atoms with Crippen molar-refractivity contribution in [2.45, 2.75) is 0 Å². The third kappa shape index (κ3) is 4.15. The van der Waals surface area contributed by atoms with Gasteiger partial charge in [0.25, 0.3) is 5.91 Å². The van der Waals surface area contributed by atoms with Crippen LogP contribution in [-0.2, 0) is 4.79 Å². The van der Waals surface area contributed by atoms with Crippen LogP contribution in [0.1, 0.15) is 0 Å². The highest BCUT2D eigenvalue weighted by Crippen LogP contribution is 2.30. The molecule has 3 aromatic rings. The number of carbonyl (C=O) groups is 1. The molecule has 1 heterocycles. The fraction of sp³-hybridized carbons (Fsp3) is 0.167. The third-order valence-corrected chi connectivity index (χ3v) is 4.13. The maximum Gasteiger partial charge on any atom is 0.262 e. The van der Waals surface area contributed by atoms with E-state index >= 15 is 0 Å². The standard InChI is InChI=1S/C18H16Cl2N4O2/c1-24(2)13-5-3-12(4-6-13)23-16(25)9-26-18-14-7-11(19)8-15(20)17(14)21-10-22-18/h3-8,10H,9H2,1-2H3,(H,23,25). The molecular formula is C18H16Cl2N4O2. The number of hydrogen-bond acceptors (Lipinski definition) is 5. The van der Waals surface area contributed by atoms with Crippen LogP contribution in [0.2, 0.25) is 10.0 Å². The molecule has 1 N–H and O–H groups in total. The summed E-state index contributed by atoms with van der Waals surface area (Å²) in [5.41, 5.74) is 2.24. The largest absolute Gasteiger partial charge is 0.467 e. The summed E-state index contributed by atoms with van der Waals surface area (Å²) in [5, 5.41) is 4.15. The van der Waals surface area contributed by atoms with Crippen molar-refractivity contribution >= 4 is 51.4 Å². The van der Waals surface area contributed by atoms with Crippen LogP contribution in [0.4, 0.5) is 11.4 Å². The van der Waals surface area contributed by atoms with Crippen LogP contribution >= 0.6 is 23.2 Å². The molecule has 2 aromatic carbocycles. The first-order chi connectivity index (χ1) is 12.4. The Balaban J connectivity index is 1.69. The smallest absolute Gasteiger partial charge is 0.262 e. The number of aromatic nitrogens is 2. The Morgan fingerprint density at radius 2 is 1.88 bits per heavy atom. The van der Waals surface area contributed by atoms with E-state index in [0.29, 0.717) is 26.6 Å². The summed E-state index contributed by atoms with van der Waals surface area (Å²) in [7, 11) is 3.90. The predicted octanol–water partition coefficient (Wildman–Crippen LogP) is 4.02. The number of benzene rings is 2. The molecule has 0 bridgehead atoms. The molecular weight excluding hydrogens is 375 g/mol. The zero-order valence-electron chi connectivity index (χ0n) is 14.2. The first kappa shape index (κ1) is 18.2. The number of nitrogens with zero attached hydrogens (tertiary/aromatic N) is 3. The molecule has 0 radical (unpaired) electrons. The van der Waals surface area contributed by atoms with Crippen LogP contribution in [0.25, 0.3) is 10.9 Å². The minimum Gasteiger partial charge on any atom is -0.467 e. The fourth-order valence-corrected chi connectivity index (χ4v) is 2.90. The van der Waals surface area contributed by atoms with Gasteiger partial charge in [-0.2, -0.15) is 0 Å². The Morgan fingerprint density at radius 1 is 1.15 bits per heavy atom. The van der Waals surface area contributed by atoms with E-state index in [1.165, 1.54) is 6.33 Å². The molecule has 0 aliphatic rings. The van der Waals surface area contributed by atoms with Crippen molar-refractivity contribution in [2.75, 3.05) is 30.9 Å². The number of hydrogen-bond donors (Lipinski definition) is 1. The second-order valence-corrected chi connectivity index (χ2v) is 6.58. The van der Waals surface area contributed by atoms with Gasteiger partial charge in [-0.1, -0.05) is 23.2 Å². The fourth-order valence-electron chi connectivity index (χ4n) is 2.36. The summed E-state index contributed by atoms with van der Waals surface area (Å²) in [5.74, 6) is -0.0556. The maximum atomic E-state index is 12.1. The molecule has 0 saturated heterocycles. The first-order valence-electron chi connectivity index (χ1n) is 7.74. The molecule has 0 aliphatic carbocycles. The molecule has 0 saturated carbocycles. The van der Waals surface area contributed by atoms with Gasteiger partial charge < -0.3 is 15.0 Å². The van der Waals surface area contributed by atoms with Gasteiger partial charge in [0, 0.05) is 30.5 Å². The maximum absolute atomic E-state index is 12.1. The van der Waals surface area contributed by atoms with Gasteiger partial charge in [0.1, 0.15) is 6.33 Å². The van der Waals surface area contributed by atoms with Crippen molar-refractivity contribution in [1.82, 2.24) is 9.97 Å². The van der Waals surface area contributed by atoms with Gasteiger partial charge >= 0.3 is 0 Å². The summed E-state index contributed by atoms with van der Waals surface area (Å²) in [4.78, 5) is 22.3. The van der Waals surface area contributed by atoms with Crippen LogP contribution in [0.5, 0.6) is 5.88 Å². The molecule has 8 heteroatoms. The van der Waals surface area contributed by atoms with Crippen LogP contribution in [0.15, 0.2) is 42.7 Å². The molecule has 134 valence electrons. The van der Waals surface area contributed by atoms with E-state index in [1.54, 1.807) is 12.1 Å². The van der Waals surface area contributed by atoms with Crippen molar-refractivity contribution in [3.05, 3.63) is 52.8 Å². The van der Waals surface area contributed by atoms with Gasteiger partial charge in [0.05, 0.1) is 15.9 Å². The number of nitrogens with one attached hydrogen (secondary N) is 1. The van der Waals surface area contributed by atoms with Gasteiger partial charge in [-0.15, -0.1) is 0 Å². The van der Waals surface area contributed by atoms with E-state index in [4.69, 9.17) is 27.9 Å². The van der Waals surface area contributed by atoms with Crippen LogP contribution in [-0.4, -0.2) is 36.6 Å². The quantitative estimate of drug-likeness (QED) is 0.712. The molecule has 0 aliphatic heterocycles. The summed E-state index contributed by atoms with van der Waals surface area (Å²) in [6.07, 6.45) is 1.33. The highest BCUT2D eigenvalue weighted by molar-refractivity contribution is 6.38. The van der Waals surface area contributed by atoms with Crippen molar-refractivity contribution < 1.29 is 9.53 Å². The van der Waals surface area contributed by atoms with Gasteiger partial charge in [-0.05, 0) is 36.4 Å². The zero-order valence-corrected chi connectivity index (χ0v) is 15.7. The minimum absolute atomic E-state index is 0.203. The van der Waals surface area contributed by atoms with E-state index in [9.17, 15) is 4.79 Å². The molecule has 0 fully saturated rings. The molecule has 1 aromatic heterocycles. The Kier molecular flexibility index (Phi) is 5.44. The Hall–Kier alpha value is -2.57. The van der Waals surface area contributed by atoms with Gasteiger partial charge in [0.15, 0.2) is 6.61 Å². The molecule has 3 rings (SSSR count). The van der Waals surface area contributed by atoms with E-state index < -0.39 is 0 Å². The Labute approximate surface area is 160 Å². The van der Waals surface area contributed by atoms with E-state index in [-0.39, 0.29) is 18.4 Å². The summed E-state index contributed by atoms with van der Waals surface area (Å²) in [6.45, 7) is -0.203. The van der Waals surface area contributed by atoms with E-state index in [1.807, 2.05) is 43.3 Å². The normalized spacial score (nSPS) is 10.6. The molecule has 26 heavy (non-hydrogen) atoms. The topological polar surface area (TPSA) is 67.4 Å².